The van der Waals surface area contributed by atoms with E-state index in [2.05, 4.69) is 54.6 Å². The van der Waals surface area contributed by atoms with Gasteiger partial charge in [0.05, 0.1) is 0 Å². The minimum Gasteiger partial charge on any atom is -0.353 e. The molecule has 2 aliphatic rings. The zero-order chi connectivity index (χ0) is 17.7. The second kappa shape index (κ2) is 9.75. The summed E-state index contributed by atoms with van der Waals surface area (Å²) in [5.41, 5.74) is 1.53. The molecule has 3 rings (SSSR count). The number of hydrogen-bond acceptors (Lipinski definition) is 2. The molecule has 1 amide bonds. The van der Waals surface area contributed by atoms with Crippen LogP contribution in [-0.4, -0.2) is 30.9 Å². The van der Waals surface area contributed by atoms with Crippen LogP contribution in [-0.2, 0) is 10.3 Å². The van der Waals surface area contributed by atoms with Gasteiger partial charge in [-0.05, 0) is 57.7 Å². The van der Waals surface area contributed by atoms with Crippen molar-refractivity contribution in [3.05, 3.63) is 35.9 Å². The van der Waals surface area contributed by atoms with Crippen LogP contribution in [0.25, 0.3) is 0 Å². The Labute approximate surface area is 165 Å². The third kappa shape index (κ3) is 5.01. The molecule has 4 heteroatoms. The van der Waals surface area contributed by atoms with Crippen molar-refractivity contribution < 1.29 is 4.79 Å². The first-order valence-electron chi connectivity index (χ1n) is 10.1. The van der Waals surface area contributed by atoms with Gasteiger partial charge in [-0.25, -0.2) is 0 Å². The van der Waals surface area contributed by atoms with E-state index < -0.39 is 0 Å². The van der Waals surface area contributed by atoms with E-state index in [1.54, 1.807) is 0 Å². The van der Waals surface area contributed by atoms with E-state index in [1.807, 2.05) is 0 Å². The number of rotatable bonds is 6. The molecule has 0 radical (unpaired) electrons. The Hall–Kier alpha value is -1.06. The quantitative estimate of drug-likeness (QED) is 0.763. The summed E-state index contributed by atoms with van der Waals surface area (Å²) in [6, 6.07) is 11.2. The molecule has 0 aliphatic heterocycles. The molecule has 1 aromatic rings. The summed E-state index contributed by atoms with van der Waals surface area (Å²) in [5, 5.41) is 3.31. The van der Waals surface area contributed by atoms with Crippen LogP contribution in [0.4, 0.5) is 0 Å². The van der Waals surface area contributed by atoms with Crippen LogP contribution in [0.2, 0.25) is 0 Å². The number of hydrogen-bond donors (Lipinski definition) is 1. The van der Waals surface area contributed by atoms with E-state index >= 15 is 0 Å². The summed E-state index contributed by atoms with van der Waals surface area (Å²) in [6.45, 7) is 0. The summed E-state index contributed by atoms with van der Waals surface area (Å²) < 4.78 is 0. The molecule has 0 heterocycles. The van der Waals surface area contributed by atoms with E-state index in [1.165, 1.54) is 31.2 Å². The van der Waals surface area contributed by atoms with Gasteiger partial charge in [0.25, 0.3) is 0 Å². The van der Waals surface area contributed by atoms with Crippen LogP contribution in [0.3, 0.4) is 0 Å². The fourth-order valence-corrected chi connectivity index (χ4v) is 4.92. The maximum absolute atomic E-state index is 12.3. The molecule has 0 atom stereocenters. The van der Waals surface area contributed by atoms with Gasteiger partial charge < -0.3 is 5.32 Å². The Morgan fingerprint density at radius 1 is 1.08 bits per heavy atom. The number of nitrogens with one attached hydrogen (secondary N) is 1. The SMILES string of the molecule is CN(C)C1(c2ccccc2)CCC(NC(=O)CCC2CCCC2)CC1.Cl. The van der Waals surface area contributed by atoms with Crippen molar-refractivity contribution in [2.75, 3.05) is 14.1 Å². The lowest BCUT2D eigenvalue weighted by molar-refractivity contribution is -0.122. The monoisotopic (exact) mass is 378 g/mol. The molecular formula is C22H35ClN2O. The van der Waals surface area contributed by atoms with Gasteiger partial charge in [-0.15, -0.1) is 12.4 Å². The van der Waals surface area contributed by atoms with Gasteiger partial charge in [-0.2, -0.15) is 0 Å². The van der Waals surface area contributed by atoms with E-state index in [9.17, 15) is 4.79 Å². The van der Waals surface area contributed by atoms with Gasteiger partial charge in [0.2, 0.25) is 5.91 Å². The molecule has 3 nitrogen and oxygen atoms in total. The van der Waals surface area contributed by atoms with Gasteiger partial charge in [0, 0.05) is 18.0 Å². The standard InChI is InChI=1S/C22H34N2O.ClH/c1-24(2)22(19-10-4-3-5-11-19)16-14-20(15-17-22)23-21(25)13-12-18-8-6-7-9-18;/h3-5,10-11,18,20H,6-9,12-17H2,1-2H3,(H,23,25);1H. The number of benzene rings is 1. The molecule has 0 saturated heterocycles. The van der Waals surface area contributed by atoms with Gasteiger partial charge in [-0.3, -0.25) is 9.69 Å². The number of halogens is 1. The third-order valence-corrected chi connectivity index (χ3v) is 6.60. The molecule has 2 saturated carbocycles. The van der Waals surface area contributed by atoms with Crippen molar-refractivity contribution in [3.63, 3.8) is 0 Å². The lowest BCUT2D eigenvalue weighted by atomic mass is 9.74. The molecule has 26 heavy (non-hydrogen) atoms. The predicted molar refractivity (Wildman–Crippen MR) is 111 cm³/mol. The van der Waals surface area contributed by atoms with Crippen molar-refractivity contribution in [2.45, 2.75) is 75.8 Å². The first-order valence-corrected chi connectivity index (χ1v) is 10.1. The maximum Gasteiger partial charge on any atom is 0.220 e. The predicted octanol–water partition coefficient (Wildman–Crippen LogP) is 4.89. The van der Waals surface area contributed by atoms with E-state index in [0.29, 0.717) is 6.04 Å². The van der Waals surface area contributed by atoms with Crippen LogP contribution < -0.4 is 5.32 Å². The number of carbonyl (C=O) groups is 1. The van der Waals surface area contributed by atoms with Crippen molar-refractivity contribution >= 4 is 18.3 Å². The van der Waals surface area contributed by atoms with Crippen LogP contribution in [0.1, 0.15) is 69.8 Å². The molecule has 0 spiro atoms. The van der Waals surface area contributed by atoms with Crippen molar-refractivity contribution in [1.82, 2.24) is 10.2 Å². The summed E-state index contributed by atoms with van der Waals surface area (Å²) in [4.78, 5) is 14.7. The van der Waals surface area contributed by atoms with Gasteiger partial charge in [0.1, 0.15) is 0 Å². The van der Waals surface area contributed by atoms with Crippen LogP contribution in [0.5, 0.6) is 0 Å². The summed E-state index contributed by atoms with van der Waals surface area (Å²) in [7, 11) is 4.38. The lowest BCUT2D eigenvalue weighted by Crippen LogP contribution is -2.48. The van der Waals surface area contributed by atoms with Crippen LogP contribution in [0.15, 0.2) is 30.3 Å². The zero-order valence-electron chi connectivity index (χ0n) is 16.4. The van der Waals surface area contributed by atoms with Gasteiger partial charge in [-0.1, -0.05) is 56.0 Å². The van der Waals surface area contributed by atoms with E-state index in [0.717, 1.165) is 44.4 Å². The summed E-state index contributed by atoms with van der Waals surface area (Å²) >= 11 is 0. The lowest BCUT2D eigenvalue weighted by Gasteiger charge is -2.45. The van der Waals surface area contributed by atoms with E-state index in [4.69, 9.17) is 0 Å². The Balaban J connectivity index is 0.00000243. The molecule has 2 fully saturated rings. The van der Waals surface area contributed by atoms with Crippen molar-refractivity contribution in [1.29, 1.82) is 0 Å². The molecule has 146 valence electrons. The minimum absolute atomic E-state index is 0. The maximum atomic E-state index is 12.3. The fourth-order valence-electron chi connectivity index (χ4n) is 4.92. The van der Waals surface area contributed by atoms with Gasteiger partial charge in [0.15, 0.2) is 0 Å². The third-order valence-electron chi connectivity index (χ3n) is 6.60. The van der Waals surface area contributed by atoms with Crippen LogP contribution in [0, 0.1) is 5.92 Å². The fraction of sp³-hybridized carbons (Fsp3) is 0.682. The molecular weight excluding hydrogens is 344 g/mol. The molecule has 1 N–H and O–H groups in total. The van der Waals surface area contributed by atoms with Gasteiger partial charge >= 0.3 is 0 Å². The Kier molecular flexibility index (Phi) is 7.97. The Bertz CT molecular complexity index is 547. The highest BCUT2D eigenvalue weighted by atomic mass is 35.5. The average molecular weight is 379 g/mol. The number of amides is 1. The summed E-state index contributed by atoms with van der Waals surface area (Å²) in [5.74, 6) is 1.07. The number of nitrogens with zero attached hydrogens (tertiary/aromatic N) is 1. The van der Waals surface area contributed by atoms with E-state index in [-0.39, 0.29) is 23.9 Å². The number of carbonyl (C=O) groups excluding carboxylic acids is 1. The first-order chi connectivity index (χ1) is 12.1. The average Bonchev–Trinajstić information content (AvgIpc) is 3.15. The Morgan fingerprint density at radius 2 is 1.69 bits per heavy atom. The second-order valence-electron chi connectivity index (χ2n) is 8.32. The molecule has 2 aliphatic carbocycles. The smallest absolute Gasteiger partial charge is 0.220 e. The highest BCUT2D eigenvalue weighted by molar-refractivity contribution is 5.85. The second-order valence-corrected chi connectivity index (χ2v) is 8.32. The normalized spacial score (nSPS) is 26.5. The van der Waals surface area contributed by atoms with Crippen molar-refractivity contribution in [3.8, 4) is 0 Å². The zero-order valence-corrected chi connectivity index (χ0v) is 17.2. The highest BCUT2D eigenvalue weighted by Gasteiger charge is 2.38. The largest absolute Gasteiger partial charge is 0.353 e. The Morgan fingerprint density at radius 3 is 2.27 bits per heavy atom. The first kappa shape index (κ1) is 21.2. The topological polar surface area (TPSA) is 32.3 Å². The highest BCUT2D eigenvalue weighted by Crippen LogP contribution is 2.41. The minimum atomic E-state index is 0. The van der Waals surface area contributed by atoms with Crippen molar-refractivity contribution in [2.24, 2.45) is 5.92 Å². The molecule has 0 aromatic heterocycles. The van der Waals surface area contributed by atoms with Crippen LogP contribution >= 0.6 is 12.4 Å². The summed E-state index contributed by atoms with van der Waals surface area (Å²) in [6.07, 6.45) is 11.6. The molecule has 1 aromatic carbocycles. The molecule has 0 unspecified atom stereocenters. The molecule has 0 bridgehead atoms.